The van der Waals surface area contributed by atoms with Crippen molar-refractivity contribution in [3.05, 3.63) is 30.2 Å². The summed E-state index contributed by atoms with van der Waals surface area (Å²) in [6, 6.07) is 7.49. The third-order valence-electron chi connectivity index (χ3n) is 3.16. The average molecular weight is 245 g/mol. The molecule has 0 saturated carbocycles. The van der Waals surface area contributed by atoms with Gasteiger partial charge in [-0.1, -0.05) is 17.3 Å². The summed E-state index contributed by atoms with van der Waals surface area (Å²) in [4.78, 5) is 4.46. The van der Waals surface area contributed by atoms with E-state index in [-0.39, 0.29) is 0 Å². The van der Waals surface area contributed by atoms with Gasteiger partial charge in [0, 0.05) is 30.4 Å². The van der Waals surface area contributed by atoms with Crippen molar-refractivity contribution >= 4 is 5.69 Å². The van der Waals surface area contributed by atoms with Crippen molar-refractivity contribution in [2.45, 2.75) is 18.8 Å². The Labute approximate surface area is 105 Å². The highest BCUT2D eigenvalue weighted by atomic mass is 16.5. The van der Waals surface area contributed by atoms with E-state index in [9.17, 15) is 0 Å². The number of hydrogen-bond acceptors (Lipinski definition) is 5. The molecule has 2 N–H and O–H groups in total. The lowest BCUT2D eigenvalue weighted by Gasteiger charge is -2.17. The summed E-state index contributed by atoms with van der Waals surface area (Å²) in [6.45, 7) is 1.53. The molecule has 0 radical (unpaired) electrons. The van der Waals surface area contributed by atoms with E-state index < -0.39 is 0 Å². The summed E-state index contributed by atoms with van der Waals surface area (Å²) < 4.78 is 10.7. The van der Waals surface area contributed by atoms with Gasteiger partial charge in [-0.3, -0.25) is 0 Å². The fourth-order valence-electron chi connectivity index (χ4n) is 2.14. The van der Waals surface area contributed by atoms with Crippen molar-refractivity contribution in [1.82, 2.24) is 10.1 Å². The molecule has 1 aromatic carbocycles. The predicted octanol–water partition coefficient (Wildman–Crippen LogP) is 2.21. The van der Waals surface area contributed by atoms with Crippen molar-refractivity contribution in [2.75, 3.05) is 18.9 Å². The van der Waals surface area contributed by atoms with Gasteiger partial charge in [-0.15, -0.1) is 0 Å². The summed E-state index contributed by atoms with van der Waals surface area (Å²) >= 11 is 0. The molecule has 5 heteroatoms. The molecule has 0 atom stereocenters. The van der Waals surface area contributed by atoms with Gasteiger partial charge in [0.05, 0.1) is 0 Å². The highest BCUT2D eigenvalue weighted by Crippen LogP contribution is 2.27. The van der Waals surface area contributed by atoms with E-state index in [1.807, 2.05) is 24.3 Å². The van der Waals surface area contributed by atoms with Gasteiger partial charge in [0.25, 0.3) is 0 Å². The summed E-state index contributed by atoms with van der Waals surface area (Å²) in [5.41, 5.74) is 7.33. The number of rotatable bonds is 2. The van der Waals surface area contributed by atoms with Crippen LogP contribution in [0.4, 0.5) is 5.69 Å². The van der Waals surface area contributed by atoms with Crippen LogP contribution in [0.2, 0.25) is 0 Å². The monoisotopic (exact) mass is 245 g/mol. The van der Waals surface area contributed by atoms with Crippen LogP contribution in [0.3, 0.4) is 0 Å². The zero-order chi connectivity index (χ0) is 12.4. The maximum Gasteiger partial charge on any atom is 0.230 e. The molecule has 5 nitrogen and oxygen atoms in total. The molecule has 1 aliphatic heterocycles. The Balaban J connectivity index is 1.84. The normalized spacial score (nSPS) is 16.9. The van der Waals surface area contributed by atoms with Crippen LogP contribution in [-0.4, -0.2) is 23.4 Å². The second-order valence-corrected chi connectivity index (χ2v) is 4.47. The maximum atomic E-state index is 5.74. The Kier molecular flexibility index (Phi) is 2.98. The van der Waals surface area contributed by atoms with E-state index in [4.69, 9.17) is 15.0 Å². The number of nitrogen functional groups attached to an aromatic ring is 1. The number of benzene rings is 1. The maximum absolute atomic E-state index is 5.74. The molecule has 1 fully saturated rings. The molecule has 0 aliphatic carbocycles. The summed E-state index contributed by atoms with van der Waals surface area (Å²) in [6.07, 6.45) is 1.89. The highest BCUT2D eigenvalue weighted by molar-refractivity contribution is 5.60. The van der Waals surface area contributed by atoms with Gasteiger partial charge in [0.1, 0.15) is 0 Å². The van der Waals surface area contributed by atoms with Gasteiger partial charge < -0.3 is 15.0 Å². The number of aromatic nitrogens is 2. The van der Waals surface area contributed by atoms with Crippen LogP contribution >= 0.6 is 0 Å². The molecule has 2 heterocycles. The first-order valence-corrected chi connectivity index (χ1v) is 6.10. The minimum atomic E-state index is 0.320. The third kappa shape index (κ3) is 2.22. The van der Waals surface area contributed by atoms with Crippen LogP contribution in [0.1, 0.15) is 24.7 Å². The van der Waals surface area contributed by atoms with Crippen LogP contribution in [-0.2, 0) is 4.74 Å². The lowest BCUT2D eigenvalue weighted by atomic mass is 10.0. The van der Waals surface area contributed by atoms with E-state index in [0.717, 1.165) is 31.6 Å². The number of nitrogens with zero attached hydrogens (tertiary/aromatic N) is 2. The Morgan fingerprint density at radius 2 is 2.06 bits per heavy atom. The van der Waals surface area contributed by atoms with Gasteiger partial charge in [0.2, 0.25) is 11.7 Å². The fourth-order valence-corrected chi connectivity index (χ4v) is 2.14. The van der Waals surface area contributed by atoms with Crippen molar-refractivity contribution in [3.63, 3.8) is 0 Å². The topological polar surface area (TPSA) is 74.2 Å². The Bertz CT molecular complexity index is 533. The molecule has 0 bridgehead atoms. The molecule has 0 spiro atoms. The largest absolute Gasteiger partial charge is 0.399 e. The van der Waals surface area contributed by atoms with Crippen LogP contribution in [0.5, 0.6) is 0 Å². The average Bonchev–Trinajstić information content (AvgIpc) is 2.89. The minimum Gasteiger partial charge on any atom is -0.399 e. The summed E-state index contributed by atoms with van der Waals surface area (Å²) in [5, 5.41) is 4.02. The molecule has 3 rings (SSSR count). The van der Waals surface area contributed by atoms with Gasteiger partial charge in [0.15, 0.2) is 0 Å². The van der Waals surface area contributed by atoms with E-state index in [0.29, 0.717) is 23.3 Å². The fraction of sp³-hybridized carbons (Fsp3) is 0.385. The van der Waals surface area contributed by atoms with Gasteiger partial charge in [-0.2, -0.15) is 4.98 Å². The molecule has 1 aromatic heterocycles. The van der Waals surface area contributed by atoms with Crippen LogP contribution in [0.25, 0.3) is 11.4 Å². The molecule has 0 unspecified atom stereocenters. The van der Waals surface area contributed by atoms with Gasteiger partial charge in [-0.25, -0.2) is 0 Å². The zero-order valence-electron chi connectivity index (χ0n) is 10.0. The third-order valence-corrected chi connectivity index (χ3v) is 3.16. The quantitative estimate of drug-likeness (QED) is 0.821. The minimum absolute atomic E-state index is 0.320. The van der Waals surface area contributed by atoms with Crippen molar-refractivity contribution in [2.24, 2.45) is 0 Å². The number of hydrogen-bond donors (Lipinski definition) is 1. The number of ether oxygens (including phenoxy) is 1. The number of nitrogens with two attached hydrogens (primary N) is 1. The van der Waals surface area contributed by atoms with Crippen molar-refractivity contribution in [3.8, 4) is 11.4 Å². The molecule has 0 amide bonds. The van der Waals surface area contributed by atoms with Gasteiger partial charge in [-0.05, 0) is 25.0 Å². The second-order valence-electron chi connectivity index (χ2n) is 4.47. The summed E-state index contributed by atoms with van der Waals surface area (Å²) in [7, 11) is 0. The first kappa shape index (κ1) is 11.2. The van der Waals surface area contributed by atoms with E-state index in [1.165, 1.54) is 0 Å². The Morgan fingerprint density at radius 1 is 1.22 bits per heavy atom. The van der Waals surface area contributed by atoms with E-state index in [2.05, 4.69) is 10.1 Å². The molecule has 2 aromatic rings. The second kappa shape index (κ2) is 4.78. The van der Waals surface area contributed by atoms with E-state index >= 15 is 0 Å². The molecule has 18 heavy (non-hydrogen) atoms. The Hall–Kier alpha value is -1.88. The molecule has 1 aliphatic rings. The van der Waals surface area contributed by atoms with E-state index in [1.54, 1.807) is 0 Å². The van der Waals surface area contributed by atoms with Crippen molar-refractivity contribution in [1.29, 1.82) is 0 Å². The van der Waals surface area contributed by atoms with Crippen molar-refractivity contribution < 1.29 is 9.26 Å². The number of anilines is 1. The first-order chi connectivity index (χ1) is 8.83. The predicted molar refractivity (Wildman–Crippen MR) is 66.9 cm³/mol. The smallest absolute Gasteiger partial charge is 0.230 e. The highest BCUT2D eigenvalue weighted by Gasteiger charge is 2.22. The lowest BCUT2D eigenvalue weighted by Crippen LogP contribution is -2.14. The SMILES string of the molecule is Nc1cccc(-c2noc(C3CCOCC3)n2)c1. The van der Waals surface area contributed by atoms with Crippen LogP contribution in [0.15, 0.2) is 28.8 Å². The molecular weight excluding hydrogens is 230 g/mol. The van der Waals surface area contributed by atoms with Gasteiger partial charge >= 0.3 is 0 Å². The zero-order valence-corrected chi connectivity index (χ0v) is 10.0. The Morgan fingerprint density at radius 3 is 2.83 bits per heavy atom. The first-order valence-electron chi connectivity index (χ1n) is 6.10. The molecule has 94 valence electrons. The molecule has 1 saturated heterocycles. The lowest BCUT2D eigenvalue weighted by molar-refractivity contribution is 0.0778. The standard InChI is InChI=1S/C13H15N3O2/c14-11-3-1-2-10(8-11)12-15-13(18-16-12)9-4-6-17-7-5-9/h1-3,8-9H,4-7,14H2. The molecular formula is C13H15N3O2. The van der Waals surface area contributed by atoms with Crippen LogP contribution < -0.4 is 5.73 Å². The summed E-state index contributed by atoms with van der Waals surface area (Å²) in [5.74, 6) is 1.63. The van der Waals surface area contributed by atoms with Crippen LogP contribution in [0, 0.1) is 0 Å².